The van der Waals surface area contributed by atoms with Gasteiger partial charge >= 0.3 is 0 Å². The van der Waals surface area contributed by atoms with E-state index in [-0.39, 0.29) is 0 Å². The number of benzene rings is 1. The molecule has 1 heterocycles. The summed E-state index contributed by atoms with van der Waals surface area (Å²) in [5.41, 5.74) is 1.58. The maximum Gasteiger partial charge on any atom is 0.161 e. The van der Waals surface area contributed by atoms with Crippen LogP contribution in [0.3, 0.4) is 0 Å². The molecule has 0 aliphatic rings. The van der Waals surface area contributed by atoms with Crippen molar-refractivity contribution >= 4 is 15.9 Å². The van der Waals surface area contributed by atoms with Crippen molar-refractivity contribution in [3.63, 3.8) is 0 Å². The number of ether oxygens (including phenoxy) is 2. The van der Waals surface area contributed by atoms with Gasteiger partial charge in [-0.25, -0.2) is 0 Å². The van der Waals surface area contributed by atoms with E-state index < -0.39 is 6.10 Å². The highest BCUT2D eigenvalue weighted by Crippen LogP contribution is 2.36. The van der Waals surface area contributed by atoms with Crippen LogP contribution in [-0.2, 0) is 13.5 Å². The largest absolute Gasteiger partial charge is 0.493 e. The minimum Gasteiger partial charge on any atom is -0.493 e. The molecule has 0 bridgehead atoms. The van der Waals surface area contributed by atoms with Crippen LogP contribution in [0.2, 0.25) is 0 Å². The smallest absolute Gasteiger partial charge is 0.161 e. The van der Waals surface area contributed by atoms with Crippen LogP contribution in [-0.4, -0.2) is 29.1 Å². The lowest BCUT2D eigenvalue weighted by Crippen LogP contribution is -2.05. The zero-order chi connectivity index (χ0) is 14.7. The summed E-state index contributed by atoms with van der Waals surface area (Å²) in [5, 5.41) is 14.6. The second-order valence-electron chi connectivity index (χ2n) is 4.43. The van der Waals surface area contributed by atoms with Gasteiger partial charge in [-0.1, -0.05) is 15.9 Å². The number of aromatic nitrogens is 2. The molecule has 20 heavy (non-hydrogen) atoms. The second kappa shape index (κ2) is 6.28. The van der Waals surface area contributed by atoms with Crippen LogP contribution < -0.4 is 9.47 Å². The maximum atomic E-state index is 10.4. The first-order chi connectivity index (χ1) is 9.55. The Balaban J connectivity index is 2.27. The van der Waals surface area contributed by atoms with Crippen molar-refractivity contribution in [3.05, 3.63) is 40.1 Å². The van der Waals surface area contributed by atoms with Crippen molar-refractivity contribution in [2.24, 2.45) is 7.05 Å². The summed E-state index contributed by atoms with van der Waals surface area (Å²) in [7, 11) is 5.00. The van der Waals surface area contributed by atoms with Crippen molar-refractivity contribution in [1.82, 2.24) is 9.78 Å². The number of aliphatic hydroxyl groups is 1. The number of hydrogen-bond acceptors (Lipinski definition) is 4. The molecular weight excluding hydrogens is 324 g/mol. The van der Waals surface area contributed by atoms with E-state index >= 15 is 0 Å². The predicted octanol–water partition coefficient (Wildman–Crippen LogP) is 2.48. The van der Waals surface area contributed by atoms with E-state index in [9.17, 15) is 5.11 Å². The van der Waals surface area contributed by atoms with Crippen molar-refractivity contribution in [2.75, 3.05) is 14.2 Å². The minimum atomic E-state index is -0.668. The van der Waals surface area contributed by atoms with E-state index in [1.165, 1.54) is 0 Å². The summed E-state index contributed by atoms with van der Waals surface area (Å²) in [6, 6.07) is 5.45. The predicted molar refractivity (Wildman–Crippen MR) is 79.1 cm³/mol. The molecule has 6 heteroatoms. The molecule has 1 aromatic carbocycles. The van der Waals surface area contributed by atoms with Gasteiger partial charge in [-0.2, -0.15) is 5.10 Å². The number of aliphatic hydroxyl groups excluding tert-OH is 1. The van der Waals surface area contributed by atoms with E-state index in [1.807, 2.05) is 19.3 Å². The van der Waals surface area contributed by atoms with Crippen molar-refractivity contribution in [2.45, 2.75) is 12.5 Å². The lowest BCUT2D eigenvalue weighted by molar-refractivity contribution is 0.175. The lowest BCUT2D eigenvalue weighted by atomic mass is 10.0. The molecule has 1 atom stereocenters. The number of methoxy groups -OCH3 is 2. The third-order valence-electron chi connectivity index (χ3n) is 3.03. The molecule has 0 aliphatic heterocycles. The molecule has 1 aromatic heterocycles. The van der Waals surface area contributed by atoms with E-state index in [1.54, 1.807) is 31.0 Å². The topological polar surface area (TPSA) is 56.5 Å². The highest BCUT2D eigenvalue weighted by atomic mass is 79.9. The lowest BCUT2D eigenvalue weighted by Gasteiger charge is -2.15. The van der Waals surface area contributed by atoms with Crippen LogP contribution in [0, 0.1) is 0 Å². The van der Waals surface area contributed by atoms with Gasteiger partial charge in [-0.15, -0.1) is 0 Å². The quantitative estimate of drug-likeness (QED) is 0.908. The number of nitrogens with zero attached hydrogens (tertiary/aromatic N) is 2. The zero-order valence-electron chi connectivity index (χ0n) is 11.6. The molecule has 0 spiro atoms. The third-order valence-corrected chi connectivity index (χ3v) is 3.72. The molecule has 0 saturated heterocycles. The number of aryl methyl sites for hydroxylation is 1. The van der Waals surface area contributed by atoms with Crippen molar-refractivity contribution in [1.29, 1.82) is 0 Å². The summed E-state index contributed by atoms with van der Waals surface area (Å²) >= 11 is 3.45. The van der Waals surface area contributed by atoms with Gasteiger partial charge in [0.05, 0.1) is 26.0 Å². The molecule has 5 nitrogen and oxygen atoms in total. The molecule has 1 N–H and O–H groups in total. The fraction of sp³-hybridized carbons (Fsp3) is 0.357. The highest BCUT2D eigenvalue weighted by Gasteiger charge is 2.17. The van der Waals surface area contributed by atoms with E-state index in [0.717, 1.165) is 15.7 Å². The van der Waals surface area contributed by atoms with Crippen molar-refractivity contribution in [3.8, 4) is 11.5 Å². The average Bonchev–Trinajstić information content (AvgIpc) is 2.83. The molecule has 108 valence electrons. The zero-order valence-corrected chi connectivity index (χ0v) is 13.2. The molecule has 0 amide bonds. The first-order valence-electron chi connectivity index (χ1n) is 6.13. The van der Waals surface area contributed by atoms with Gasteiger partial charge in [0, 0.05) is 24.1 Å². The molecule has 2 rings (SSSR count). The number of rotatable bonds is 5. The van der Waals surface area contributed by atoms with Gasteiger partial charge in [0.1, 0.15) is 0 Å². The van der Waals surface area contributed by atoms with Gasteiger partial charge < -0.3 is 14.6 Å². The van der Waals surface area contributed by atoms with Gasteiger partial charge in [-0.05, 0) is 23.8 Å². The van der Waals surface area contributed by atoms with E-state index in [0.29, 0.717) is 17.9 Å². The monoisotopic (exact) mass is 340 g/mol. The molecule has 1 unspecified atom stereocenters. The fourth-order valence-electron chi connectivity index (χ4n) is 2.01. The Morgan fingerprint density at radius 2 is 1.95 bits per heavy atom. The summed E-state index contributed by atoms with van der Waals surface area (Å²) in [5.74, 6) is 1.21. The van der Waals surface area contributed by atoms with Crippen LogP contribution in [0.15, 0.2) is 28.9 Å². The standard InChI is InChI=1S/C14H17BrN2O3/c1-17-5-4-9(16-17)6-12(18)10-7-13(19-2)14(20-3)8-11(10)15/h4-5,7-8,12,18H,6H2,1-3H3. The summed E-state index contributed by atoms with van der Waals surface area (Å²) in [6.07, 6.45) is 1.62. The Hall–Kier alpha value is -1.53. The van der Waals surface area contributed by atoms with Gasteiger partial charge in [0.2, 0.25) is 0 Å². The van der Waals surface area contributed by atoms with E-state index in [2.05, 4.69) is 21.0 Å². The van der Waals surface area contributed by atoms with Gasteiger partial charge in [0.15, 0.2) is 11.5 Å². The van der Waals surface area contributed by atoms with E-state index in [4.69, 9.17) is 9.47 Å². The molecule has 0 saturated carbocycles. The Labute approximate surface area is 126 Å². The molecule has 2 aromatic rings. The van der Waals surface area contributed by atoms with Crippen molar-refractivity contribution < 1.29 is 14.6 Å². The fourth-order valence-corrected chi connectivity index (χ4v) is 2.59. The molecule has 0 aliphatic carbocycles. The van der Waals surface area contributed by atoms with Crippen LogP contribution >= 0.6 is 15.9 Å². The third kappa shape index (κ3) is 3.13. The molecule has 0 fully saturated rings. The number of halogens is 1. The van der Waals surface area contributed by atoms with Gasteiger partial charge in [-0.3, -0.25) is 4.68 Å². The summed E-state index contributed by atoms with van der Waals surface area (Å²) in [4.78, 5) is 0. The first kappa shape index (κ1) is 14.9. The Morgan fingerprint density at radius 1 is 1.30 bits per heavy atom. The van der Waals surface area contributed by atoms with Gasteiger partial charge in [0.25, 0.3) is 0 Å². The van der Waals surface area contributed by atoms with Crippen LogP contribution in [0.4, 0.5) is 0 Å². The van der Waals surface area contributed by atoms with Crippen LogP contribution in [0.25, 0.3) is 0 Å². The average molecular weight is 341 g/mol. The Bertz CT molecular complexity index is 598. The SMILES string of the molecule is COc1cc(Br)c(C(O)Cc2ccn(C)n2)cc1OC. The molecular formula is C14H17BrN2O3. The van der Waals surface area contributed by atoms with Crippen LogP contribution in [0.1, 0.15) is 17.4 Å². The maximum absolute atomic E-state index is 10.4. The van der Waals surface area contributed by atoms with Crippen LogP contribution in [0.5, 0.6) is 11.5 Å². The summed E-state index contributed by atoms with van der Waals surface area (Å²) < 4.78 is 13.0. The normalized spacial score (nSPS) is 12.2. The highest BCUT2D eigenvalue weighted by molar-refractivity contribution is 9.10. The first-order valence-corrected chi connectivity index (χ1v) is 6.92. The Kier molecular flexibility index (Phi) is 4.67. The number of hydrogen-bond donors (Lipinski definition) is 1. The Morgan fingerprint density at radius 3 is 2.50 bits per heavy atom. The molecule has 0 radical (unpaired) electrons. The minimum absolute atomic E-state index is 0.439. The second-order valence-corrected chi connectivity index (χ2v) is 5.28. The summed E-state index contributed by atoms with van der Waals surface area (Å²) in [6.45, 7) is 0.